The summed E-state index contributed by atoms with van der Waals surface area (Å²) in [5, 5.41) is 40.8. The second kappa shape index (κ2) is 13.1. The molecule has 0 aliphatic heterocycles. The van der Waals surface area contributed by atoms with Crippen LogP contribution in [0.4, 0.5) is 23.5 Å². The maximum absolute atomic E-state index is 11.7. The molecule has 0 atom stereocenters. The van der Waals surface area contributed by atoms with Crippen molar-refractivity contribution in [2.75, 3.05) is 73.4 Å². The molecule has 0 spiro atoms. The van der Waals surface area contributed by atoms with Crippen LogP contribution in [0.3, 0.4) is 0 Å². The second-order valence-corrected chi connectivity index (χ2v) is 8.97. The predicted molar refractivity (Wildman–Crippen MR) is 124 cm³/mol. The van der Waals surface area contributed by atoms with E-state index in [0.717, 1.165) is 0 Å². The number of phenols is 1. The average molecular weight is 486 g/mol. The molecule has 0 radical (unpaired) electrons. The van der Waals surface area contributed by atoms with Crippen LogP contribution in [0.2, 0.25) is 0 Å². The van der Waals surface area contributed by atoms with Crippen LogP contribution in [0.25, 0.3) is 0 Å². The Balaban J connectivity index is 2.38. The van der Waals surface area contributed by atoms with Crippen LogP contribution in [0.1, 0.15) is 6.92 Å². The first-order chi connectivity index (χ1) is 15.8. The summed E-state index contributed by atoms with van der Waals surface area (Å²) in [7, 11) is -3.39. The first-order valence-corrected chi connectivity index (χ1v) is 12.1. The van der Waals surface area contributed by atoms with Gasteiger partial charge in [0.1, 0.15) is 5.75 Å². The number of nitrogens with one attached hydrogen (secondary N) is 2. The molecule has 1 heterocycles. The topological polar surface area (TPSA) is 184 Å². The standard InChI is InChI=1S/C19H31N7O6S/c1-2-33(31,32)20-7-8-25(9-12-27)18-22-17(21-15-3-5-16(30)6-4-15)23-19(24-18)26(10-13-28)11-14-29/h3-6,20,27-30H,2,7-14H2,1H3,(H,21,22,23,24). The summed E-state index contributed by atoms with van der Waals surface area (Å²) >= 11 is 0. The van der Waals surface area contributed by atoms with Crippen molar-refractivity contribution in [3.05, 3.63) is 24.3 Å². The molecule has 0 saturated heterocycles. The van der Waals surface area contributed by atoms with E-state index in [4.69, 9.17) is 0 Å². The van der Waals surface area contributed by atoms with Crippen LogP contribution in [0.5, 0.6) is 5.75 Å². The van der Waals surface area contributed by atoms with Crippen molar-refractivity contribution in [3.8, 4) is 5.75 Å². The fourth-order valence-electron chi connectivity index (χ4n) is 2.79. The van der Waals surface area contributed by atoms with Crippen LogP contribution in [0.15, 0.2) is 24.3 Å². The van der Waals surface area contributed by atoms with Crippen LogP contribution < -0.4 is 19.8 Å². The van der Waals surface area contributed by atoms with Crippen molar-refractivity contribution in [1.29, 1.82) is 0 Å². The van der Waals surface area contributed by atoms with Gasteiger partial charge in [0.15, 0.2) is 0 Å². The molecule has 1 aromatic carbocycles. The van der Waals surface area contributed by atoms with E-state index in [9.17, 15) is 28.8 Å². The zero-order valence-electron chi connectivity index (χ0n) is 18.4. The molecule has 184 valence electrons. The maximum atomic E-state index is 11.7. The zero-order valence-corrected chi connectivity index (χ0v) is 19.2. The third kappa shape index (κ3) is 8.58. The van der Waals surface area contributed by atoms with Crippen molar-refractivity contribution < 1.29 is 28.8 Å². The van der Waals surface area contributed by atoms with E-state index >= 15 is 0 Å². The summed E-state index contributed by atoms with van der Waals surface area (Å²) in [6, 6.07) is 6.24. The lowest BCUT2D eigenvalue weighted by Crippen LogP contribution is -2.38. The molecule has 2 aromatic rings. The lowest BCUT2D eigenvalue weighted by atomic mass is 10.3. The third-order valence-electron chi connectivity index (χ3n) is 4.49. The fourth-order valence-corrected chi connectivity index (χ4v) is 3.40. The van der Waals surface area contributed by atoms with Gasteiger partial charge in [-0.3, -0.25) is 0 Å². The molecule has 6 N–H and O–H groups in total. The number of benzene rings is 1. The molecule has 0 aliphatic carbocycles. The van der Waals surface area contributed by atoms with E-state index in [2.05, 4.69) is 25.0 Å². The number of sulfonamides is 1. The lowest BCUT2D eigenvalue weighted by Gasteiger charge is -2.25. The Labute approximate surface area is 192 Å². The highest BCUT2D eigenvalue weighted by atomic mass is 32.2. The molecule has 33 heavy (non-hydrogen) atoms. The zero-order chi connectivity index (χ0) is 24.3. The van der Waals surface area contributed by atoms with Crippen molar-refractivity contribution in [1.82, 2.24) is 19.7 Å². The Morgan fingerprint density at radius 3 is 1.85 bits per heavy atom. The van der Waals surface area contributed by atoms with Crippen molar-refractivity contribution >= 4 is 33.6 Å². The van der Waals surface area contributed by atoms with E-state index in [1.165, 1.54) is 19.1 Å². The highest BCUT2D eigenvalue weighted by molar-refractivity contribution is 7.89. The number of nitrogens with zero attached hydrogens (tertiary/aromatic N) is 5. The van der Waals surface area contributed by atoms with Crippen LogP contribution in [-0.2, 0) is 10.0 Å². The van der Waals surface area contributed by atoms with Crippen molar-refractivity contribution in [3.63, 3.8) is 0 Å². The van der Waals surface area contributed by atoms with E-state index in [1.54, 1.807) is 21.9 Å². The Morgan fingerprint density at radius 2 is 1.36 bits per heavy atom. The Morgan fingerprint density at radius 1 is 0.848 bits per heavy atom. The summed E-state index contributed by atoms with van der Waals surface area (Å²) in [4.78, 5) is 16.4. The number of hydrogen-bond donors (Lipinski definition) is 6. The number of phenolic OH excluding ortho intramolecular Hbond substituents is 1. The minimum absolute atomic E-state index is 0.0547. The molecule has 1 aromatic heterocycles. The molecule has 14 heteroatoms. The summed E-state index contributed by atoms with van der Waals surface area (Å²) < 4.78 is 26.0. The quantitative estimate of drug-likeness (QED) is 0.167. The lowest BCUT2D eigenvalue weighted by molar-refractivity contribution is 0.280. The molecule has 13 nitrogen and oxygen atoms in total. The number of hydrogen-bond acceptors (Lipinski definition) is 12. The van der Waals surface area contributed by atoms with Gasteiger partial charge in [0.2, 0.25) is 27.9 Å². The first kappa shape index (κ1) is 26.5. The first-order valence-electron chi connectivity index (χ1n) is 10.4. The largest absolute Gasteiger partial charge is 0.508 e. The SMILES string of the molecule is CCS(=O)(=O)NCCN(CCO)c1nc(Nc2ccc(O)cc2)nc(N(CCO)CCO)n1. The average Bonchev–Trinajstić information content (AvgIpc) is 2.79. The number of anilines is 4. The predicted octanol–water partition coefficient (Wildman–Crippen LogP) is -1.15. The second-order valence-electron chi connectivity index (χ2n) is 6.87. The van der Waals surface area contributed by atoms with Gasteiger partial charge in [-0.15, -0.1) is 0 Å². The smallest absolute Gasteiger partial charge is 0.233 e. The molecular formula is C19H31N7O6S. The number of aliphatic hydroxyl groups is 3. The molecule has 0 fully saturated rings. The number of aromatic nitrogens is 3. The van der Waals surface area contributed by atoms with Gasteiger partial charge in [0.05, 0.1) is 25.6 Å². The maximum Gasteiger partial charge on any atom is 0.233 e. The Kier molecular flexibility index (Phi) is 10.5. The molecule has 0 unspecified atom stereocenters. The summed E-state index contributed by atoms with van der Waals surface area (Å²) in [6.07, 6.45) is 0. The molecule has 0 amide bonds. The number of rotatable bonds is 15. The van der Waals surface area contributed by atoms with Gasteiger partial charge in [-0.25, -0.2) is 13.1 Å². The minimum Gasteiger partial charge on any atom is -0.508 e. The van der Waals surface area contributed by atoms with Crippen molar-refractivity contribution in [2.45, 2.75) is 6.92 Å². The minimum atomic E-state index is -3.39. The van der Waals surface area contributed by atoms with Crippen LogP contribution in [0, 0.1) is 0 Å². The van der Waals surface area contributed by atoms with E-state index in [0.29, 0.717) is 5.69 Å². The van der Waals surface area contributed by atoms with Crippen molar-refractivity contribution in [2.24, 2.45) is 0 Å². The highest BCUT2D eigenvalue weighted by Gasteiger charge is 2.18. The normalized spacial score (nSPS) is 11.4. The summed E-state index contributed by atoms with van der Waals surface area (Å²) in [5.41, 5.74) is 0.594. The van der Waals surface area contributed by atoms with Gasteiger partial charge < -0.3 is 35.5 Å². The van der Waals surface area contributed by atoms with E-state index < -0.39 is 10.0 Å². The van der Waals surface area contributed by atoms with Gasteiger partial charge in [-0.1, -0.05) is 0 Å². The summed E-state index contributed by atoms with van der Waals surface area (Å²) in [6.45, 7) is 1.65. The fraction of sp³-hybridized carbons (Fsp3) is 0.526. The van der Waals surface area contributed by atoms with Crippen LogP contribution >= 0.6 is 0 Å². The molecule has 2 rings (SSSR count). The van der Waals surface area contributed by atoms with E-state index in [-0.39, 0.29) is 81.9 Å². The van der Waals surface area contributed by atoms with Gasteiger partial charge in [0.25, 0.3) is 0 Å². The molecule has 0 bridgehead atoms. The van der Waals surface area contributed by atoms with E-state index in [1.807, 2.05) is 0 Å². The Hall–Kier alpha value is -2.78. The summed E-state index contributed by atoms with van der Waals surface area (Å²) in [5.74, 6) is 0.547. The Bertz CT molecular complexity index is 956. The van der Waals surface area contributed by atoms with Gasteiger partial charge in [-0.05, 0) is 31.2 Å². The number of aliphatic hydroxyl groups excluding tert-OH is 3. The van der Waals surface area contributed by atoms with Gasteiger partial charge in [-0.2, -0.15) is 15.0 Å². The molecule has 0 saturated carbocycles. The highest BCUT2D eigenvalue weighted by Crippen LogP contribution is 2.21. The van der Waals surface area contributed by atoms with Crippen LogP contribution in [-0.4, -0.2) is 102 Å². The monoisotopic (exact) mass is 485 g/mol. The molecule has 0 aliphatic rings. The number of aromatic hydroxyl groups is 1. The van der Waals surface area contributed by atoms with Gasteiger partial charge in [0, 0.05) is 38.4 Å². The molecular weight excluding hydrogens is 454 g/mol. The van der Waals surface area contributed by atoms with Gasteiger partial charge >= 0.3 is 0 Å². The third-order valence-corrected chi connectivity index (χ3v) is 5.90.